The van der Waals surface area contributed by atoms with Crippen molar-refractivity contribution in [3.05, 3.63) is 30.2 Å². The van der Waals surface area contributed by atoms with Crippen LogP contribution >= 0.6 is 0 Å². The second-order valence-electron chi connectivity index (χ2n) is 5.30. The molecule has 24 heavy (non-hydrogen) atoms. The maximum Gasteiger partial charge on any atom is 0.226 e. The van der Waals surface area contributed by atoms with Crippen LogP contribution < -0.4 is 15.4 Å². The van der Waals surface area contributed by atoms with Crippen molar-refractivity contribution in [2.75, 3.05) is 27.7 Å². The van der Waals surface area contributed by atoms with Crippen molar-refractivity contribution in [2.45, 2.75) is 25.7 Å². The first-order valence-corrected chi connectivity index (χ1v) is 8.12. The molecule has 1 aromatic heterocycles. The van der Waals surface area contributed by atoms with Crippen LogP contribution in [0.5, 0.6) is 5.75 Å². The van der Waals surface area contributed by atoms with Gasteiger partial charge >= 0.3 is 0 Å². The summed E-state index contributed by atoms with van der Waals surface area (Å²) in [6.07, 6.45) is 3.97. The molecule has 0 aliphatic heterocycles. The molecular formula is C17H25N5O2. The van der Waals surface area contributed by atoms with Crippen molar-refractivity contribution < 1.29 is 9.26 Å². The molecule has 0 unspecified atom stereocenters. The van der Waals surface area contributed by atoms with Gasteiger partial charge in [0, 0.05) is 32.6 Å². The molecule has 0 saturated heterocycles. The first-order valence-electron chi connectivity index (χ1n) is 8.12. The lowest BCUT2D eigenvalue weighted by Crippen LogP contribution is -2.35. The summed E-state index contributed by atoms with van der Waals surface area (Å²) < 4.78 is 10.5. The molecule has 1 heterocycles. The highest BCUT2D eigenvalue weighted by atomic mass is 16.5. The summed E-state index contributed by atoms with van der Waals surface area (Å²) in [5, 5.41) is 10.3. The third kappa shape index (κ3) is 5.26. The van der Waals surface area contributed by atoms with Gasteiger partial charge in [-0.2, -0.15) is 4.98 Å². The van der Waals surface area contributed by atoms with Crippen LogP contribution in [0.2, 0.25) is 0 Å². The number of methoxy groups -OCH3 is 1. The minimum atomic E-state index is 0.618. The molecular weight excluding hydrogens is 306 g/mol. The minimum Gasteiger partial charge on any atom is -0.497 e. The van der Waals surface area contributed by atoms with E-state index < -0.39 is 0 Å². The predicted octanol–water partition coefficient (Wildman–Crippen LogP) is 2.25. The largest absolute Gasteiger partial charge is 0.497 e. The Morgan fingerprint density at radius 2 is 2.00 bits per heavy atom. The summed E-state index contributed by atoms with van der Waals surface area (Å²) >= 11 is 0. The number of unbranched alkanes of at least 4 members (excludes halogenated alkanes) is 2. The fourth-order valence-electron chi connectivity index (χ4n) is 2.28. The Morgan fingerprint density at radius 3 is 2.67 bits per heavy atom. The normalized spacial score (nSPS) is 11.4. The molecule has 1 aromatic carbocycles. The van der Waals surface area contributed by atoms with Crippen molar-refractivity contribution in [2.24, 2.45) is 4.99 Å². The quantitative estimate of drug-likeness (QED) is 0.438. The lowest BCUT2D eigenvalue weighted by molar-refractivity contribution is 0.374. The fraction of sp³-hybridized carbons (Fsp3) is 0.471. The molecule has 7 heteroatoms. The SMILES string of the molecule is CN=C(NC)NCCCCCc1nc(-c2ccc(OC)cc2)no1. The third-order valence-electron chi connectivity index (χ3n) is 3.64. The average Bonchev–Trinajstić information content (AvgIpc) is 3.10. The van der Waals surface area contributed by atoms with E-state index in [1.54, 1.807) is 14.2 Å². The van der Waals surface area contributed by atoms with Crippen LogP contribution in [0.3, 0.4) is 0 Å². The molecule has 0 spiro atoms. The van der Waals surface area contributed by atoms with E-state index in [4.69, 9.17) is 9.26 Å². The Hall–Kier alpha value is -2.57. The van der Waals surface area contributed by atoms with E-state index in [2.05, 4.69) is 25.8 Å². The second kappa shape index (κ2) is 9.54. The molecule has 2 N–H and O–H groups in total. The Bertz CT molecular complexity index is 637. The van der Waals surface area contributed by atoms with Gasteiger partial charge in [-0.3, -0.25) is 4.99 Å². The van der Waals surface area contributed by atoms with Crippen molar-refractivity contribution in [1.82, 2.24) is 20.8 Å². The monoisotopic (exact) mass is 331 g/mol. The van der Waals surface area contributed by atoms with Gasteiger partial charge < -0.3 is 19.9 Å². The average molecular weight is 331 g/mol. The van der Waals surface area contributed by atoms with E-state index >= 15 is 0 Å². The molecule has 2 rings (SSSR count). The van der Waals surface area contributed by atoms with E-state index in [1.807, 2.05) is 31.3 Å². The van der Waals surface area contributed by atoms with Crippen LogP contribution in [0, 0.1) is 0 Å². The zero-order chi connectivity index (χ0) is 17.2. The molecule has 2 aromatic rings. The summed E-state index contributed by atoms with van der Waals surface area (Å²) in [4.78, 5) is 8.51. The van der Waals surface area contributed by atoms with Gasteiger partial charge in [-0.1, -0.05) is 11.6 Å². The van der Waals surface area contributed by atoms with Crippen LogP contribution in [-0.4, -0.2) is 43.9 Å². The number of hydrogen-bond donors (Lipinski definition) is 2. The van der Waals surface area contributed by atoms with E-state index in [0.717, 1.165) is 49.5 Å². The molecule has 0 amide bonds. The van der Waals surface area contributed by atoms with E-state index in [-0.39, 0.29) is 0 Å². The first-order chi connectivity index (χ1) is 11.8. The van der Waals surface area contributed by atoms with Crippen LogP contribution in [0.4, 0.5) is 0 Å². The Balaban J connectivity index is 1.72. The highest BCUT2D eigenvalue weighted by Gasteiger charge is 2.08. The number of nitrogens with one attached hydrogen (secondary N) is 2. The van der Waals surface area contributed by atoms with Crippen LogP contribution in [0.15, 0.2) is 33.8 Å². The number of nitrogens with zero attached hydrogens (tertiary/aromatic N) is 3. The molecule has 7 nitrogen and oxygen atoms in total. The fourth-order valence-corrected chi connectivity index (χ4v) is 2.28. The summed E-state index contributed by atoms with van der Waals surface area (Å²) in [6.45, 7) is 0.897. The number of hydrogen-bond acceptors (Lipinski definition) is 5. The lowest BCUT2D eigenvalue weighted by Gasteiger charge is -2.07. The van der Waals surface area contributed by atoms with Gasteiger partial charge in [-0.15, -0.1) is 0 Å². The number of benzene rings is 1. The minimum absolute atomic E-state index is 0.618. The van der Waals surface area contributed by atoms with Crippen molar-refractivity contribution in [1.29, 1.82) is 0 Å². The molecule has 0 aliphatic carbocycles. The molecule has 0 atom stereocenters. The van der Waals surface area contributed by atoms with Gasteiger partial charge in [0.2, 0.25) is 11.7 Å². The molecule has 0 fully saturated rings. The predicted molar refractivity (Wildman–Crippen MR) is 94.3 cm³/mol. The van der Waals surface area contributed by atoms with Crippen LogP contribution in [0.1, 0.15) is 25.2 Å². The number of aliphatic imine (C=N–C) groups is 1. The van der Waals surface area contributed by atoms with E-state index in [9.17, 15) is 0 Å². The second-order valence-corrected chi connectivity index (χ2v) is 5.30. The topological polar surface area (TPSA) is 84.6 Å². The maximum absolute atomic E-state index is 5.32. The van der Waals surface area contributed by atoms with Crippen LogP contribution in [0.25, 0.3) is 11.4 Å². The summed E-state index contributed by atoms with van der Waals surface area (Å²) in [6, 6.07) is 7.62. The zero-order valence-corrected chi connectivity index (χ0v) is 14.5. The van der Waals surface area contributed by atoms with Gasteiger partial charge in [-0.25, -0.2) is 0 Å². The zero-order valence-electron chi connectivity index (χ0n) is 14.5. The third-order valence-corrected chi connectivity index (χ3v) is 3.64. The van der Waals surface area contributed by atoms with Gasteiger partial charge in [0.05, 0.1) is 7.11 Å². The highest BCUT2D eigenvalue weighted by Crippen LogP contribution is 2.20. The van der Waals surface area contributed by atoms with Crippen LogP contribution in [-0.2, 0) is 6.42 Å². The van der Waals surface area contributed by atoms with E-state index in [0.29, 0.717) is 11.7 Å². The number of aromatic nitrogens is 2. The Labute approximate surface area is 142 Å². The molecule has 130 valence electrons. The van der Waals surface area contributed by atoms with Crippen molar-refractivity contribution >= 4 is 5.96 Å². The molecule has 0 aliphatic rings. The Kier molecular flexibility index (Phi) is 7.07. The molecule has 0 bridgehead atoms. The number of aryl methyl sites for hydroxylation is 1. The number of guanidine groups is 1. The summed E-state index contributed by atoms with van der Waals surface area (Å²) in [5.74, 6) is 2.92. The number of rotatable bonds is 8. The summed E-state index contributed by atoms with van der Waals surface area (Å²) in [7, 11) is 5.26. The smallest absolute Gasteiger partial charge is 0.226 e. The first kappa shape index (κ1) is 17.8. The van der Waals surface area contributed by atoms with Gasteiger partial charge in [0.25, 0.3) is 0 Å². The van der Waals surface area contributed by atoms with E-state index in [1.165, 1.54) is 0 Å². The molecule has 0 saturated carbocycles. The lowest BCUT2D eigenvalue weighted by atomic mass is 10.2. The van der Waals surface area contributed by atoms with Crippen molar-refractivity contribution in [3.63, 3.8) is 0 Å². The molecule has 0 radical (unpaired) electrons. The maximum atomic E-state index is 5.32. The summed E-state index contributed by atoms with van der Waals surface area (Å²) in [5.41, 5.74) is 0.924. The van der Waals surface area contributed by atoms with Gasteiger partial charge in [0.15, 0.2) is 5.96 Å². The highest BCUT2D eigenvalue weighted by molar-refractivity contribution is 5.79. The Morgan fingerprint density at radius 1 is 1.21 bits per heavy atom. The number of ether oxygens (including phenoxy) is 1. The standard InChI is InChI=1S/C17H25N5O2/c1-18-17(19-2)20-12-6-4-5-7-15-21-16(22-24-15)13-8-10-14(23-3)11-9-13/h8-11H,4-7,12H2,1-3H3,(H2,18,19,20). The van der Waals surface area contributed by atoms with Gasteiger partial charge in [0.1, 0.15) is 5.75 Å². The van der Waals surface area contributed by atoms with Crippen molar-refractivity contribution in [3.8, 4) is 17.1 Å². The van der Waals surface area contributed by atoms with Gasteiger partial charge in [-0.05, 0) is 37.1 Å².